The third kappa shape index (κ3) is 4.84. The fourth-order valence-corrected chi connectivity index (χ4v) is 4.11. The molecule has 156 valence electrons. The molecule has 1 aliphatic rings. The first kappa shape index (κ1) is 20.5. The van der Waals surface area contributed by atoms with Crippen molar-refractivity contribution in [2.45, 2.75) is 31.2 Å². The van der Waals surface area contributed by atoms with Crippen molar-refractivity contribution in [2.75, 3.05) is 13.1 Å². The van der Waals surface area contributed by atoms with Crippen LogP contribution in [0.1, 0.15) is 29.2 Å². The summed E-state index contributed by atoms with van der Waals surface area (Å²) in [6.45, 7) is 4.62. The molecule has 0 aliphatic carbocycles. The summed E-state index contributed by atoms with van der Waals surface area (Å²) in [6.07, 6.45) is 6.02. The Hall–Kier alpha value is -2.81. The normalized spacial score (nSPS) is 14.9. The van der Waals surface area contributed by atoms with Gasteiger partial charge in [0.25, 0.3) is 0 Å². The molecular weight excluding hydrogens is 398 g/mol. The minimum Gasteiger partial charge on any atom is -0.292 e. The highest BCUT2D eigenvalue weighted by molar-refractivity contribution is 7.89. The standard InChI is InChI=1S/C22H25N5O2S/c1-17-6-5-7-18(14-17)15-22-24-21(16-26-12-3-2-4-13-26)25-27(22)19-8-10-20(11-9-19)30(23,28)29/h2-3,5-11,14H,4,12-13,15-16H2,1H3,(H2,23,28,29). The van der Waals surface area contributed by atoms with Crippen LogP contribution in [0.4, 0.5) is 0 Å². The first-order valence-electron chi connectivity index (χ1n) is 9.89. The smallest absolute Gasteiger partial charge is 0.238 e. The number of hydrogen-bond acceptors (Lipinski definition) is 5. The van der Waals surface area contributed by atoms with Crippen LogP contribution in [0.2, 0.25) is 0 Å². The molecule has 0 amide bonds. The predicted octanol–water partition coefficient (Wildman–Crippen LogP) is 2.58. The highest BCUT2D eigenvalue weighted by Gasteiger charge is 2.16. The fourth-order valence-electron chi connectivity index (χ4n) is 3.60. The molecule has 1 aliphatic heterocycles. The molecule has 0 fully saturated rings. The van der Waals surface area contributed by atoms with Crippen molar-refractivity contribution in [2.24, 2.45) is 5.14 Å². The van der Waals surface area contributed by atoms with Crippen molar-refractivity contribution in [1.29, 1.82) is 0 Å². The van der Waals surface area contributed by atoms with Gasteiger partial charge >= 0.3 is 0 Å². The Kier molecular flexibility index (Phi) is 5.80. The Labute approximate surface area is 176 Å². The summed E-state index contributed by atoms with van der Waals surface area (Å²) in [6, 6.07) is 14.7. The molecule has 8 heteroatoms. The number of nitrogens with zero attached hydrogens (tertiary/aromatic N) is 4. The Balaban J connectivity index is 1.68. The van der Waals surface area contributed by atoms with E-state index in [1.165, 1.54) is 17.7 Å². The van der Waals surface area contributed by atoms with E-state index in [0.29, 0.717) is 13.0 Å². The maximum Gasteiger partial charge on any atom is 0.238 e. The lowest BCUT2D eigenvalue weighted by molar-refractivity contribution is 0.283. The number of benzene rings is 2. The van der Waals surface area contributed by atoms with E-state index in [-0.39, 0.29) is 4.90 Å². The van der Waals surface area contributed by atoms with Crippen LogP contribution >= 0.6 is 0 Å². The van der Waals surface area contributed by atoms with Crippen LogP contribution in [-0.2, 0) is 23.0 Å². The number of primary sulfonamides is 1. The minimum atomic E-state index is -3.74. The van der Waals surface area contributed by atoms with E-state index in [4.69, 9.17) is 15.2 Å². The quantitative estimate of drug-likeness (QED) is 0.615. The van der Waals surface area contributed by atoms with E-state index in [9.17, 15) is 8.42 Å². The molecular formula is C22H25N5O2S. The van der Waals surface area contributed by atoms with Gasteiger partial charge in [-0.1, -0.05) is 42.0 Å². The summed E-state index contributed by atoms with van der Waals surface area (Å²) < 4.78 is 25.0. The van der Waals surface area contributed by atoms with Crippen molar-refractivity contribution in [3.63, 3.8) is 0 Å². The fraction of sp³-hybridized carbons (Fsp3) is 0.273. The molecule has 4 rings (SSSR count). The number of aromatic nitrogens is 3. The molecule has 0 saturated carbocycles. The number of aryl methyl sites for hydroxylation is 1. The SMILES string of the molecule is Cc1cccc(Cc2nc(CN3CC=CCC3)nn2-c2ccc(S(N)(=O)=O)cc2)c1. The van der Waals surface area contributed by atoms with Crippen LogP contribution in [0.15, 0.2) is 65.6 Å². The van der Waals surface area contributed by atoms with E-state index in [2.05, 4.69) is 42.2 Å². The Morgan fingerprint density at radius 3 is 2.57 bits per heavy atom. The molecule has 30 heavy (non-hydrogen) atoms. The van der Waals surface area contributed by atoms with Gasteiger partial charge in [0.2, 0.25) is 10.0 Å². The molecule has 0 bridgehead atoms. The summed E-state index contributed by atoms with van der Waals surface area (Å²) in [5.41, 5.74) is 3.09. The zero-order valence-electron chi connectivity index (χ0n) is 16.9. The van der Waals surface area contributed by atoms with Crippen LogP contribution in [0.25, 0.3) is 5.69 Å². The zero-order chi connectivity index (χ0) is 21.1. The first-order chi connectivity index (χ1) is 14.4. The molecule has 7 nitrogen and oxygen atoms in total. The van der Waals surface area contributed by atoms with E-state index >= 15 is 0 Å². The van der Waals surface area contributed by atoms with Crippen molar-refractivity contribution in [3.8, 4) is 5.69 Å². The minimum absolute atomic E-state index is 0.0759. The Morgan fingerprint density at radius 1 is 1.10 bits per heavy atom. The summed E-state index contributed by atoms with van der Waals surface area (Å²) in [5, 5.41) is 9.97. The molecule has 2 N–H and O–H groups in total. The second-order valence-electron chi connectivity index (χ2n) is 7.56. The van der Waals surface area contributed by atoms with Gasteiger partial charge in [-0.25, -0.2) is 23.2 Å². The first-order valence-corrected chi connectivity index (χ1v) is 11.4. The number of nitrogens with two attached hydrogens (primary N) is 1. The van der Waals surface area contributed by atoms with Gasteiger partial charge in [0.1, 0.15) is 5.82 Å². The molecule has 0 spiro atoms. The van der Waals surface area contributed by atoms with Crippen molar-refractivity contribution < 1.29 is 8.42 Å². The third-order valence-corrected chi connectivity index (χ3v) is 6.01. The molecule has 1 aromatic heterocycles. The van der Waals surface area contributed by atoms with Crippen molar-refractivity contribution >= 4 is 10.0 Å². The third-order valence-electron chi connectivity index (χ3n) is 5.08. The van der Waals surface area contributed by atoms with E-state index in [0.717, 1.165) is 42.4 Å². The highest BCUT2D eigenvalue weighted by atomic mass is 32.2. The molecule has 0 atom stereocenters. The van der Waals surface area contributed by atoms with E-state index < -0.39 is 10.0 Å². The maximum absolute atomic E-state index is 11.6. The van der Waals surface area contributed by atoms with Gasteiger partial charge in [0, 0.05) is 19.5 Å². The molecule has 2 aromatic carbocycles. The van der Waals surface area contributed by atoms with Crippen LogP contribution in [0.5, 0.6) is 0 Å². The summed E-state index contributed by atoms with van der Waals surface area (Å²) >= 11 is 0. The monoisotopic (exact) mass is 423 g/mol. The summed E-state index contributed by atoms with van der Waals surface area (Å²) in [7, 11) is -3.74. The molecule has 0 saturated heterocycles. The number of sulfonamides is 1. The van der Waals surface area contributed by atoms with E-state index in [1.54, 1.807) is 16.8 Å². The van der Waals surface area contributed by atoms with Gasteiger partial charge in [-0.05, 0) is 43.2 Å². The predicted molar refractivity (Wildman–Crippen MR) is 116 cm³/mol. The van der Waals surface area contributed by atoms with Gasteiger partial charge in [-0.15, -0.1) is 5.10 Å². The van der Waals surface area contributed by atoms with E-state index in [1.807, 2.05) is 6.07 Å². The second-order valence-corrected chi connectivity index (χ2v) is 9.12. The van der Waals surface area contributed by atoms with Gasteiger partial charge in [0.05, 0.1) is 17.1 Å². The average Bonchev–Trinajstić information content (AvgIpc) is 3.10. The molecule has 3 aromatic rings. The Bertz CT molecular complexity index is 1170. The second kappa shape index (κ2) is 8.51. The maximum atomic E-state index is 11.6. The largest absolute Gasteiger partial charge is 0.292 e. The summed E-state index contributed by atoms with van der Waals surface area (Å²) in [4.78, 5) is 7.20. The van der Waals surface area contributed by atoms with Gasteiger partial charge in [-0.2, -0.15) is 0 Å². The summed E-state index contributed by atoms with van der Waals surface area (Å²) in [5.74, 6) is 1.56. The zero-order valence-corrected chi connectivity index (χ0v) is 17.7. The van der Waals surface area contributed by atoms with Gasteiger partial charge in [-0.3, -0.25) is 4.90 Å². The van der Waals surface area contributed by atoms with Gasteiger partial charge in [0.15, 0.2) is 5.82 Å². The highest BCUT2D eigenvalue weighted by Crippen LogP contribution is 2.18. The lowest BCUT2D eigenvalue weighted by Gasteiger charge is -2.20. The Morgan fingerprint density at radius 2 is 1.90 bits per heavy atom. The van der Waals surface area contributed by atoms with Crippen LogP contribution in [0, 0.1) is 6.92 Å². The molecule has 0 radical (unpaired) electrons. The van der Waals surface area contributed by atoms with Crippen LogP contribution in [-0.4, -0.2) is 41.2 Å². The van der Waals surface area contributed by atoms with Gasteiger partial charge < -0.3 is 0 Å². The van der Waals surface area contributed by atoms with Crippen LogP contribution in [0.3, 0.4) is 0 Å². The lowest BCUT2D eigenvalue weighted by atomic mass is 10.1. The number of hydrogen-bond donors (Lipinski definition) is 1. The van der Waals surface area contributed by atoms with Crippen LogP contribution < -0.4 is 5.14 Å². The molecule has 2 heterocycles. The van der Waals surface area contributed by atoms with Crippen molar-refractivity contribution in [3.05, 3.63) is 83.5 Å². The topological polar surface area (TPSA) is 94.1 Å². The number of rotatable bonds is 6. The molecule has 0 unspecified atom stereocenters. The van der Waals surface area contributed by atoms with Crippen molar-refractivity contribution in [1.82, 2.24) is 19.7 Å². The average molecular weight is 424 g/mol. The lowest BCUT2D eigenvalue weighted by Crippen LogP contribution is -2.27.